The molecule has 1 aromatic rings. The molecule has 1 rings (SSSR count). The van der Waals surface area contributed by atoms with Gasteiger partial charge in [-0.1, -0.05) is 45.7 Å². The van der Waals surface area contributed by atoms with Gasteiger partial charge in [-0.3, -0.25) is 0 Å². The van der Waals surface area contributed by atoms with Crippen molar-refractivity contribution < 1.29 is 5.11 Å². The Hall–Kier alpha value is -0.980. The van der Waals surface area contributed by atoms with Gasteiger partial charge in [0.1, 0.15) is 5.75 Å². The van der Waals surface area contributed by atoms with E-state index in [-0.39, 0.29) is 0 Å². The van der Waals surface area contributed by atoms with Crippen LogP contribution in [0.25, 0.3) is 0 Å². The molecule has 0 aliphatic rings. The maximum Gasteiger partial charge on any atom is 0.119 e. The Balaban J connectivity index is 2.85. The Morgan fingerprint density at radius 3 is 2.56 bits per heavy atom. The average molecular weight is 220 g/mol. The second-order valence-corrected chi connectivity index (χ2v) is 4.61. The highest BCUT2D eigenvalue weighted by Crippen LogP contribution is 2.30. The smallest absolute Gasteiger partial charge is 0.119 e. The van der Waals surface area contributed by atoms with E-state index in [1.165, 1.54) is 30.4 Å². The molecule has 1 nitrogen and oxygen atoms in total. The number of benzene rings is 1. The predicted molar refractivity (Wildman–Crippen MR) is 70.0 cm³/mol. The molecule has 0 aliphatic carbocycles. The topological polar surface area (TPSA) is 20.2 Å². The molecule has 1 aromatic carbocycles. The summed E-state index contributed by atoms with van der Waals surface area (Å²) in [6, 6.07) is 5.93. The molecule has 1 N–H and O–H groups in total. The van der Waals surface area contributed by atoms with Crippen LogP contribution < -0.4 is 0 Å². The van der Waals surface area contributed by atoms with Crippen molar-refractivity contribution in [2.24, 2.45) is 0 Å². The standard InChI is InChI=1S/C15H24O/c1-4-6-7-9-14-13(12(3)5-2)10-8-11-15(14)16/h8,10-12,16H,4-7,9H2,1-3H3. The highest BCUT2D eigenvalue weighted by molar-refractivity contribution is 5.41. The molecule has 0 saturated heterocycles. The molecule has 0 saturated carbocycles. The summed E-state index contributed by atoms with van der Waals surface area (Å²) >= 11 is 0. The zero-order valence-corrected chi connectivity index (χ0v) is 10.8. The first-order chi connectivity index (χ1) is 7.70. The van der Waals surface area contributed by atoms with E-state index in [0.717, 1.165) is 12.8 Å². The lowest BCUT2D eigenvalue weighted by Crippen LogP contribution is -1.99. The maximum atomic E-state index is 9.94. The minimum atomic E-state index is 0.480. The molecule has 0 amide bonds. The zero-order valence-electron chi connectivity index (χ0n) is 10.8. The molecule has 0 aliphatic heterocycles. The minimum absolute atomic E-state index is 0.480. The van der Waals surface area contributed by atoms with E-state index in [2.05, 4.69) is 26.8 Å². The van der Waals surface area contributed by atoms with E-state index in [9.17, 15) is 5.11 Å². The predicted octanol–water partition coefficient (Wildman–Crippen LogP) is 4.64. The molecule has 0 fully saturated rings. The van der Waals surface area contributed by atoms with Crippen molar-refractivity contribution in [1.29, 1.82) is 0 Å². The fraction of sp³-hybridized carbons (Fsp3) is 0.600. The van der Waals surface area contributed by atoms with Crippen molar-refractivity contribution in [1.82, 2.24) is 0 Å². The summed E-state index contributed by atoms with van der Waals surface area (Å²) in [6.45, 7) is 6.64. The average Bonchev–Trinajstić information content (AvgIpc) is 2.30. The van der Waals surface area contributed by atoms with Gasteiger partial charge in [0, 0.05) is 0 Å². The van der Waals surface area contributed by atoms with Crippen LogP contribution in [0, 0.1) is 0 Å². The van der Waals surface area contributed by atoms with Crippen LogP contribution in [0.3, 0.4) is 0 Å². The van der Waals surface area contributed by atoms with E-state index >= 15 is 0 Å². The number of unbranched alkanes of at least 4 members (excludes halogenated alkanes) is 2. The van der Waals surface area contributed by atoms with E-state index in [1.54, 1.807) is 0 Å². The van der Waals surface area contributed by atoms with Crippen LogP contribution in [0.4, 0.5) is 0 Å². The summed E-state index contributed by atoms with van der Waals surface area (Å²) in [5.74, 6) is 1.03. The molecule has 1 atom stereocenters. The summed E-state index contributed by atoms with van der Waals surface area (Å²) in [5.41, 5.74) is 2.50. The van der Waals surface area contributed by atoms with E-state index in [0.29, 0.717) is 11.7 Å². The Kier molecular flexibility index (Phi) is 5.37. The van der Waals surface area contributed by atoms with Crippen molar-refractivity contribution in [3.63, 3.8) is 0 Å². The van der Waals surface area contributed by atoms with E-state index < -0.39 is 0 Å². The number of hydrogen-bond donors (Lipinski definition) is 1. The highest BCUT2D eigenvalue weighted by atomic mass is 16.3. The van der Waals surface area contributed by atoms with Crippen LogP contribution in [0.2, 0.25) is 0 Å². The van der Waals surface area contributed by atoms with Crippen LogP contribution in [-0.2, 0) is 6.42 Å². The summed E-state index contributed by atoms with van der Waals surface area (Å²) < 4.78 is 0. The van der Waals surface area contributed by atoms with Gasteiger partial charge in [0.25, 0.3) is 0 Å². The first kappa shape index (κ1) is 13.1. The molecule has 16 heavy (non-hydrogen) atoms. The van der Waals surface area contributed by atoms with Crippen molar-refractivity contribution in [2.45, 2.75) is 58.8 Å². The Bertz CT molecular complexity index is 317. The number of phenols is 1. The second kappa shape index (κ2) is 6.57. The molecule has 1 unspecified atom stereocenters. The SMILES string of the molecule is CCCCCc1c(O)cccc1C(C)CC. The quantitative estimate of drug-likeness (QED) is 0.692. The van der Waals surface area contributed by atoms with Gasteiger partial charge in [0.05, 0.1) is 0 Å². The van der Waals surface area contributed by atoms with Gasteiger partial charge < -0.3 is 5.11 Å². The number of phenolic OH excluding ortho intramolecular Hbond substituents is 1. The zero-order chi connectivity index (χ0) is 12.0. The van der Waals surface area contributed by atoms with Crippen molar-refractivity contribution >= 4 is 0 Å². The summed E-state index contributed by atoms with van der Waals surface area (Å²) in [7, 11) is 0. The molecule has 0 spiro atoms. The van der Waals surface area contributed by atoms with Gasteiger partial charge in [-0.05, 0) is 42.4 Å². The van der Waals surface area contributed by atoms with E-state index in [1.807, 2.05) is 12.1 Å². The Morgan fingerprint density at radius 2 is 1.94 bits per heavy atom. The number of hydrogen-bond acceptors (Lipinski definition) is 1. The number of rotatable bonds is 6. The molecular formula is C15H24O. The molecule has 0 aromatic heterocycles. The normalized spacial score (nSPS) is 12.7. The fourth-order valence-electron chi connectivity index (χ4n) is 2.10. The third kappa shape index (κ3) is 3.26. The van der Waals surface area contributed by atoms with Gasteiger partial charge in [0.15, 0.2) is 0 Å². The lowest BCUT2D eigenvalue weighted by molar-refractivity contribution is 0.464. The van der Waals surface area contributed by atoms with Crippen LogP contribution >= 0.6 is 0 Å². The van der Waals surface area contributed by atoms with Crippen molar-refractivity contribution in [3.05, 3.63) is 29.3 Å². The first-order valence-electron chi connectivity index (χ1n) is 6.51. The summed E-state index contributed by atoms with van der Waals surface area (Å²) in [4.78, 5) is 0. The Morgan fingerprint density at radius 1 is 1.19 bits per heavy atom. The van der Waals surface area contributed by atoms with Gasteiger partial charge in [0.2, 0.25) is 0 Å². The lowest BCUT2D eigenvalue weighted by Gasteiger charge is -2.16. The van der Waals surface area contributed by atoms with Gasteiger partial charge >= 0.3 is 0 Å². The third-order valence-electron chi connectivity index (χ3n) is 3.36. The van der Waals surface area contributed by atoms with Gasteiger partial charge in [-0.25, -0.2) is 0 Å². The molecule has 0 bridgehead atoms. The molecule has 1 heteroatoms. The third-order valence-corrected chi connectivity index (χ3v) is 3.36. The van der Waals surface area contributed by atoms with E-state index in [4.69, 9.17) is 0 Å². The molecule has 0 heterocycles. The van der Waals surface area contributed by atoms with Crippen molar-refractivity contribution in [2.75, 3.05) is 0 Å². The summed E-state index contributed by atoms with van der Waals surface area (Å²) in [5, 5.41) is 9.94. The fourth-order valence-corrected chi connectivity index (χ4v) is 2.10. The molecular weight excluding hydrogens is 196 g/mol. The maximum absolute atomic E-state index is 9.94. The number of aromatic hydroxyl groups is 1. The van der Waals surface area contributed by atoms with Crippen LogP contribution in [0.1, 0.15) is 63.5 Å². The molecule has 0 radical (unpaired) electrons. The largest absolute Gasteiger partial charge is 0.508 e. The first-order valence-corrected chi connectivity index (χ1v) is 6.51. The lowest BCUT2D eigenvalue weighted by atomic mass is 9.90. The van der Waals surface area contributed by atoms with Crippen molar-refractivity contribution in [3.8, 4) is 5.75 Å². The van der Waals surface area contributed by atoms with Gasteiger partial charge in [-0.2, -0.15) is 0 Å². The Labute approximate surface area is 99.5 Å². The molecule has 90 valence electrons. The highest BCUT2D eigenvalue weighted by Gasteiger charge is 2.11. The van der Waals surface area contributed by atoms with Crippen LogP contribution in [-0.4, -0.2) is 5.11 Å². The summed E-state index contributed by atoms with van der Waals surface area (Å²) in [6.07, 6.45) is 5.79. The van der Waals surface area contributed by atoms with Gasteiger partial charge in [-0.15, -0.1) is 0 Å². The minimum Gasteiger partial charge on any atom is -0.508 e. The monoisotopic (exact) mass is 220 g/mol. The van der Waals surface area contributed by atoms with Crippen LogP contribution in [0.5, 0.6) is 5.75 Å². The second-order valence-electron chi connectivity index (χ2n) is 4.61. The van der Waals surface area contributed by atoms with Crippen LogP contribution in [0.15, 0.2) is 18.2 Å².